The fourth-order valence-electron chi connectivity index (χ4n) is 2.33. The fraction of sp³-hybridized carbons (Fsp3) is 0.500. The molecule has 0 atom stereocenters. The lowest BCUT2D eigenvalue weighted by Crippen LogP contribution is -2.19. The number of hydrogen-bond acceptors (Lipinski definition) is 4. The van der Waals surface area contributed by atoms with Crippen LogP contribution in [0.3, 0.4) is 0 Å². The Morgan fingerprint density at radius 2 is 1.75 bits per heavy atom. The van der Waals surface area contributed by atoms with Crippen molar-refractivity contribution in [2.24, 2.45) is 0 Å². The molecule has 0 aliphatic rings. The second-order valence-corrected chi connectivity index (χ2v) is 5.91. The molecule has 108 valence electrons. The Kier molecular flexibility index (Phi) is 5.26. The maximum absolute atomic E-state index is 4.70. The van der Waals surface area contributed by atoms with Gasteiger partial charge in [-0.15, -0.1) is 0 Å². The van der Waals surface area contributed by atoms with Gasteiger partial charge < -0.3 is 5.32 Å². The zero-order chi connectivity index (χ0) is 14.5. The minimum atomic E-state index is 0.865. The quantitative estimate of drug-likeness (QED) is 0.824. The molecule has 0 fully saturated rings. The SMILES string of the molecule is CCCNCCc1c(C)nc(-c2cscc2C)nc1C. The summed E-state index contributed by atoms with van der Waals surface area (Å²) < 4.78 is 0. The van der Waals surface area contributed by atoms with Gasteiger partial charge in [-0.1, -0.05) is 6.92 Å². The van der Waals surface area contributed by atoms with Gasteiger partial charge in [0.05, 0.1) is 0 Å². The molecule has 0 saturated carbocycles. The van der Waals surface area contributed by atoms with Crippen LogP contribution in [0.4, 0.5) is 0 Å². The van der Waals surface area contributed by atoms with Crippen LogP contribution in [0.2, 0.25) is 0 Å². The van der Waals surface area contributed by atoms with Crippen molar-refractivity contribution in [3.8, 4) is 11.4 Å². The van der Waals surface area contributed by atoms with E-state index in [1.807, 2.05) is 0 Å². The van der Waals surface area contributed by atoms with E-state index in [2.05, 4.69) is 43.8 Å². The molecule has 1 N–H and O–H groups in total. The summed E-state index contributed by atoms with van der Waals surface area (Å²) in [7, 11) is 0. The zero-order valence-electron chi connectivity index (χ0n) is 12.8. The summed E-state index contributed by atoms with van der Waals surface area (Å²) in [5.41, 5.74) is 5.92. The van der Waals surface area contributed by atoms with Gasteiger partial charge in [-0.2, -0.15) is 11.3 Å². The van der Waals surface area contributed by atoms with Crippen LogP contribution in [0.5, 0.6) is 0 Å². The molecule has 0 unspecified atom stereocenters. The third-order valence-electron chi connectivity index (χ3n) is 3.50. The molecule has 0 spiro atoms. The molecule has 2 heterocycles. The van der Waals surface area contributed by atoms with Crippen molar-refractivity contribution in [2.75, 3.05) is 13.1 Å². The van der Waals surface area contributed by atoms with Gasteiger partial charge >= 0.3 is 0 Å². The van der Waals surface area contributed by atoms with E-state index in [9.17, 15) is 0 Å². The average Bonchev–Trinajstić information content (AvgIpc) is 2.83. The van der Waals surface area contributed by atoms with Gasteiger partial charge in [0.2, 0.25) is 0 Å². The highest BCUT2D eigenvalue weighted by Crippen LogP contribution is 2.25. The summed E-state index contributed by atoms with van der Waals surface area (Å²) in [6.07, 6.45) is 2.17. The van der Waals surface area contributed by atoms with Crippen LogP contribution in [-0.2, 0) is 6.42 Å². The molecular formula is C16H23N3S. The lowest BCUT2D eigenvalue weighted by atomic mass is 10.1. The first-order chi connectivity index (χ1) is 9.63. The number of aromatic nitrogens is 2. The van der Waals surface area contributed by atoms with Gasteiger partial charge in [-0.3, -0.25) is 0 Å². The molecule has 2 aromatic heterocycles. The number of aryl methyl sites for hydroxylation is 3. The fourth-order valence-corrected chi connectivity index (χ4v) is 3.15. The summed E-state index contributed by atoms with van der Waals surface area (Å²) in [6, 6.07) is 0. The molecule has 0 radical (unpaired) electrons. The normalized spacial score (nSPS) is 11.0. The molecule has 3 nitrogen and oxygen atoms in total. The number of thiophene rings is 1. The van der Waals surface area contributed by atoms with Crippen molar-refractivity contribution in [3.05, 3.63) is 33.3 Å². The Morgan fingerprint density at radius 1 is 1.05 bits per heavy atom. The highest BCUT2D eigenvalue weighted by Gasteiger charge is 2.11. The van der Waals surface area contributed by atoms with Gasteiger partial charge in [0, 0.05) is 22.3 Å². The van der Waals surface area contributed by atoms with Crippen LogP contribution in [0.25, 0.3) is 11.4 Å². The van der Waals surface area contributed by atoms with Crippen LogP contribution in [0.15, 0.2) is 10.8 Å². The third-order valence-corrected chi connectivity index (χ3v) is 4.36. The summed E-state index contributed by atoms with van der Waals surface area (Å²) in [5.74, 6) is 0.865. The van der Waals surface area contributed by atoms with Crippen LogP contribution < -0.4 is 5.32 Å². The van der Waals surface area contributed by atoms with E-state index in [0.717, 1.165) is 42.3 Å². The van der Waals surface area contributed by atoms with E-state index < -0.39 is 0 Å². The summed E-state index contributed by atoms with van der Waals surface area (Å²) in [5, 5.41) is 7.71. The molecule has 0 amide bonds. The zero-order valence-corrected chi connectivity index (χ0v) is 13.6. The van der Waals surface area contributed by atoms with Crippen molar-refractivity contribution >= 4 is 11.3 Å². The number of hydrogen-bond donors (Lipinski definition) is 1. The molecule has 0 saturated heterocycles. The first-order valence-electron chi connectivity index (χ1n) is 7.21. The topological polar surface area (TPSA) is 37.8 Å². The molecule has 2 aromatic rings. The van der Waals surface area contributed by atoms with Gasteiger partial charge in [0.1, 0.15) is 0 Å². The molecule has 4 heteroatoms. The highest BCUT2D eigenvalue weighted by atomic mass is 32.1. The Morgan fingerprint density at radius 3 is 2.30 bits per heavy atom. The number of nitrogens with one attached hydrogen (secondary N) is 1. The highest BCUT2D eigenvalue weighted by molar-refractivity contribution is 7.08. The van der Waals surface area contributed by atoms with Crippen molar-refractivity contribution in [1.29, 1.82) is 0 Å². The first kappa shape index (κ1) is 15.1. The van der Waals surface area contributed by atoms with Crippen molar-refractivity contribution in [3.63, 3.8) is 0 Å². The molecule has 20 heavy (non-hydrogen) atoms. The van der Waals surface area contributed by atoms with Crippen LogP contribution in [0, 0.1) is 20.8 Å². The third kappa shape index (κ3) is 3.44. The molecular weight excluding hydrogens is 266 g/mol. The van der Waals surface area contributed by atoms with Crippen LogP contribution in [0.1, 0.15) is 35.9 Å². The maximum atomic E-state index is 4.70. The van der Waals surface area contributed by atoms with Crippen molar-refractivity contribution < 1.29 is 0 Å². The standard InChI is InChI=1S/C16H23N3S/c1-5-7-17-8-6-14-12(3)18-16(19-13(14)4)15-10-20-9-11(15)2/h9-10,17H,5-8H2,1-4H3. The molecule has 0 bridgehead atoms. The molecule has 0 aliphatic heterocycles. The smallest absolute Gasteiger partial charge is 0.160 e. The van der Waals surface area contributed by atoms with Crippen LogP contribution in [-0.4, -0.2) is 23.1 Å². The summed E-state index contributed by atoms with van der Waals surface area (Å²) in [4.78, 5) is 9.41. The van der Waals surface area contributed by atoms with E-state index in [4.69, 9.17) is 9.97 Å². The molecule has 2 rings (SSSR count). The van der Waals surface area contributed by atoms with Gasteiger partial charge in [0.25, 0.3) is 0 Å². The van der Waals surface area contributed by atoms with E-state index >= 15 is 0 Å². The predicted molar refractivity (Wildman–Crippen MR) is 86.4 cm³/mol. The van der Waals surface area contributed by atoms with E-state index in [-0.39, 0.29) is 0 Å². The summed E-state index contributed by atoms with van der Waals surface area (Å²) >= 11 is 1.71. The van der Waals surface area contributed by atoms with E-state index in [1.165, 1.54) is 17.5 Å². The minimum Gasteiger partial charge on any atom is -0.316 e. The Balaban J connectivity index is 2.19. The maximum Gasteiger partial charge on any atom is 0.160 e. The van der Waals surface area contributed by atoms with Crippen LogP contribution >= 0.6 is 11.3 Å². The van der Waals surface area contributed by atoms with E-state index in [1.54, 1.807) is 11.3 Å². The molecule has 0 aliphatic carbocycles. The van der Waals surface area contributed by atoms with Gasteiger partial charge in [0.15, 0.2) is 5.82 Å². The summed E-state index contributed by atoms with van der Waals surface area (Å²) in [6.45, 7) is 10.6. The van der Waals surface area contributed by atoms with E-state index in [0.29, 0.717) is 0 Å². The number of rotatable bonds is 6. The Labute approximate surface area is 125 Å². The first-order valence-corrected chi connectivity index (χ1v) is 8.15. The van der Waals surface area contributed by atoms with Gasteiger partial charge in [-0.05, 0) is 63.2 Å². The van der Waals surface area contributed by atoms with Crippen molar-refractivity contribution in [1.82, 2.24) is 15.3 Å². The van der Waals surface area contributed by atoms with Gasteiger partial charge in [-0.25, -0.2) is 9.97 Å². The Bertz CT molecular complexity index is 552. The molecule has 0 aromatic carbocycles. The monoisotopic (exact) mass is 289 g/mol. The second kappa shape index (κ2) is 6.95. The predicted octanol–water partition coefficient (Wildman–Crippen LogP) is 3.67. The largest absolute Gasteiger partial charge is 0.316 e. The second-order valence-electron chi connectivity index (χ2n) is 5.17. The lowest BCUT2D eigenvalue weighted by molar-refractivity contribution is 0.666. The van der Waals surface area contributed by atoms with Crippen molar-refractivity contribution in [2.45, 2.75) is 40.5 Å². The minimum absolute atomic E-state index is 0.865. The lowest BCUT2D eigenvalue weighted by Gasteiger charge is -2.11. The average molecular weight is 289 g/mol. The Hall–Kier alpha value is -1.26. The number of nitrogens with zero attached hydrogens (tertiary/aromatic N) is 2.